The zero-order valence-corrected chi connectivity index (χ0v) is 12.6. The quantitative estimate of drug-likeness (QED) is 0.714. The van der Waals surface area contributed by atoms with Crippen LogP contribution in [0.15, 0.2) is 18.2 Å². The van der Waals surface area contributed by atoms with Gasteiger partial charge in [0.2, 0.25) is 0 Å². The number of phenolic OH excluding ortho intramolecular Hbond substituents is 2. The summed E-state index contributed by atoms with van der Waals surface area (Å²) in [6.45, 7) is 5.34. The minimum atomic E-state index is 0.0598. The molecule has 0 aliphatic heterocycles. The van der Waals surface area contributed by atoms with E-state index in [2.05, 4.69) is 12.2 Å². The highest BCUT2D eigenvalue weighted by atomic mass is 16.3. The highest BCUT2D eigenvalue weighted by Crippen LogP contribution is 2.31. The Labute approximate surface area is 122 Å². The summed E-state index contributed by atoms with van der Waals surface area (Å²) >= 11 is 0. The van der Waals surface area contributed by atoms with Gasteiger partial charge in [-0.3, -0.25) is 0 Å². The molecule has 1 aliphatic rings. The minimum Gasteiger partial charge on any atom is -0.508 e. The van der Waals surface area contributed by atoms with Crippen LogP contribution in [0.5, 0.6) is 11.5 Å². The molecule has 1 unspecified atom stereocenters. The van der Waals surface area contributed by atoms with Gasteiger partial charge >= 0.3 is 0 Å². The zero-order valence-electron chi connectivity index (χ0n) is 12.6. The molecule has 0 aromatic heterocycles. The SMILES string of the molecule is CC1CCC(CCNC(C)c2cc(O)ccc2O)CC1. The maximum atomic E-state index is 9.83. The Morgan fingerprint density at radius 3 is 2.60 bits per heavy atom. The van der Waals surface area contributed by atoms with Gasteiger partial charge in [-0.25, -0.2) is 0 Å². The molecule has 1 fully saturated rings. The largest absolute Gasteiger partial charge is 0.508 e. The number of phenols is 2. The van der Waals surface area contributed by atoms with Crippen molar-refractivity contribution in [2.24, 2.45) is 11.8 Å². The summed E-state index contributed by atoms with van der Waals surface area (Å²) in [6, 6.07) is 4.75. The molecular weight excluding hydrogens is 250 g/mol. The summed E-state index contributed by atoms with van der Waals surface area (Å²) in [4.78, 5) is 0. The van der Waals surface area contributed by atoms with Crippen LogP contribution in [-0.4, -0.2) is 16.8 Å². The molecule has 0 heterocycles. The molecule has 0 bridgehead atoms. The van der Waals surface area contributed by atoms with Crippen molar-refractivity contribution in [3.63, 3.8) is 0 Å². The first-order chi connectivity index (χ1) is 9.56. The minimum absolute atomic E-state index is 0.0598. The molecule has 112 valence electrons. The van der Waals surface area contributed by atoms with E-state index in [0.717, 1.165) is 23.9 Å². The van der Waals surface area contributed by atoms with Crippen LogP contribution < -0.4 is 5.32 Å². The lowest BCUT2D eigenvalue weighted by molar-refractivity contribution is 0.273. The number of hydrogen-bond donors (Lipinski definition) is 3. The van der Waals surface area contributed by atoms with Gasteiger partial charge in [0.1, 0.15) is 11.5 Å². The smallest absolute Gasteiger partial charge is 0.120 e. The number of nitrogens with one attached hydrogen (secondary N) is 1. The monoisotopic (exact) mass is 277 g/mol. The predicted molar refractivity (Wildman–Crippen MR) is 81.9 cm³/mol. The summed E-state index contributed by atoms with van der Waals surface area (Å²) < 4.78 is 0. The molecule has 3 N–H and O–H groups in total. The lowest BCUT2D eigenvalue weighted by Crippen LogP contribution is -2.23. The van der Waals surface area contributed by atoms with Gasteiger partial charge in [-0.15, -0.1) is 0 Å². The van der Waals surface area contributed by atoms with Crippen LogP contribution in [0.4, 0.5) is 0 Å². The van der Waals surface area contributed by atoms with E-state index in [0.29, 0.717) is 0 Å². The van der Waals surface area contributed by atoms with Crippen molar-refractivity contribution in [3.05, 3.63) is 23.8 Å². The average Bonchev–Trinajstić information content (AvgIpc) is 2.43. The lowest BCUT2D eigenvalue weighted by atomic mass is 9.81. The third kappa shape index (κ3) is 4.14. The normalized spacial score (nSPS) is 24.5. The van der Waals surface area contributed by atoms with Crippen molar-refractivity contribution in [1.82, 2.24) is 5.32 Å². The van der Waals surface area contributed by atoms with Gasteiger partial charge in [-0.05, 0) is 49.9 Å². The molecule has 0 spiro atoms. The Balaban J connectivity index is 1.77. The molecule has 1 aromatic carbocycles. The first-order valence-corrected chi connectivity index (χ1v) is 7.81. The summed E-state index contributed by atoms with van der Waals surface area (Å²) in [6.07, 6.45) is 6.65. The van der Waals surface area contributed by atoms with Gasteiger partial charge in [-0.1, -0.05) is 32.6 Å². The van der Waals surface area contributed by atoms with Crippen LogP contribution in [0.1, 0.15) is 57.6 Å². The van der Waals surface area contributed by atoms with E-state index in [4.69, 9.17) is 0 Å². The van der Waals surface area contributed by atoms with E-state index in [9.17, 15) is 10.2 Å². The third-order valence-electron chi connectivity index (χ3n) is 4.62. The van der Waals surface area contributed by atoms with Gasteiger partial charge in [-0.2, -0.15) is 0 Å². The summed E-state index contributed by atoms with van der Waals surface area (Å²) in [7, 11) is 0. The molecule has 0 saturated heterocycles. The predicted octanol–water partition coefficient (Wildman–Crippen LogP) is 3.96. The van der Waals surface area contributed by atoms with Gasteiger partial charge in [0, 0.05) is 11.6 Å². The third-order valence-corrected chi connectivity index (χ3v) is 4.62. The lowest BCUT2D eigenvalue weighted by Gasteiger charge is -2.26. The molecule has 1 saturated carbocycles. The number of aromatic hydroxyl groups is 2. The van der Waals surface area contributed by atoms with Crippen LogP contribution >= 0.6 is 0 Å². The maximum absolute atomic E-state index is 9.83. The van der Waals surface area contributed by atoms with Gasteiger partial charge in [0.05, 0.1) is 0 Å². The van der Waals surface area contributed by atoms with E-state index in [1.54, 1.807) is 12.1 Å². The Bertz CT molecular complexity index is 425. The van der Waals surface area contributed by atoms with E-state index in [1.807, 2.05) is 6.92 Å². The molecule has 0 amide bonds. The van der Waals surface area contributed by atoms with E-state index < -0.39 is 0 Å². The second-order valence-electron chi connectivity index (χ2n) is 6.33. The molecule has 3 nitrogen and oxygen atoms in total. The first-order valence-electron chi connectivity index (χ1n) is 7.81. The fourth-order valence-corrected chi connectivity index (χ4v) is 3.12. The standard InChI is InChI=1S/C17H27NO2/c1-12-3-5-14(6-4-12)9-10-18-13(2)16-11-15(19)7-8-17(16)20/h7-8,11-14,18-20H,3-6,9-10H2,1-2H3. The molecule has 0 radical (unpaired) electrons. The van der Waals surface area contributed by atoms with Crippen molar-refractivity contribution in [3.8, 4) is 11.5 Å². The average molecular weight is 277 g/mol. The van der Waals surface area contributed by atoms with E-state index in [1.165, 1.54) is 38.2 Å². The second-order valence-corrected chi connectivity index (χ2v) is 6.33. The van der Waals surface area contributed by atoms with Gasteiger partial charge < -0.3 is 15.5 Å². The van der Waals surface area contributed by atoms with Crippen LogP contribution in [0.3, 0.4) is 0 Å². The molecule has 2 rings (SSSR count). The number of benzene rings is 1. The van der Waals surface area contributed by atoms with Crippen molar-refractivity contribution in [1.29, 1.82) is 0 Å². The Morgan fingerprint density at radius 1 is 1.20 bits per heavy atom. The fraction of sp³-hybridized carbons (Fsp3) is 0.647. The fourth-order valence-electron chi connectivity index (χ4n) is 3.12. The maximum Gasteiger partial charge on any atom is 0.120 e. The molecule has 3 heteroatoms. The van der Waals surface area contributed by atoms with Crippen LogP contribution in [0.2, 0.25) is 0 Å². The first kappa shape index (κ1) is 15.2. The topological polar surface area (TPSA) is 52.5 Å². The van der Waals surface area contributed by atoms with Crippen molar-refractivity contribution >= 4 is 0 Å². The molecule has 20 heavy (non-hydrogen) atoms. The van der Waals surface area contributed by atoms with Crippen molar-refractivity contribution in [2.75, 3.05) is 6.54 Å². The molecule has 1 aromatic rings. The number of rotatable bonds is 5. The number of hydrogen-bond acceptors (Lipinski definition) is 3. The van der Waals surface area contributed by atoms with Crippen LogP contribution in [0.25, 0.3) is 0 Å². The zero-order chi connectivity index (χ0) is 14.5. The van der Waals surface area contributed by atoms with Crippen molar-refractivity contribution in [2.45, 2.75) is 52.0 Å². The van der Waals surface area contributed by atoms with Crippen LogP contribution in [0, 0.1) is 11.8 Å². The highest BCUT2D eigenvalue weighted by molar-refractivity contribution is 5.40. The Morgan fingerprint density at radius 2 is 1.90 bits per heavy atom. The summed E-state index contributed by atoms with van der Waals surface area (Å²) in [5.74, 6) is 2.20. The van der Waals surface area contributed by atoms with Gasteiger partial charge in [0.15, 0.2) is 0 Å². The summed E-state index contributed by atoms with van der Waals surface area (Å²) in [5.41, 5.74) is 0.766. The van der Waals surface area contributed by atoms with E-state index in [-0.39, 0.29) is 17.5 Å². The van der Waals surface area contributed by atoms with Gasteiger partial charge in [0.25, 0.3) is 0 Å². The highest BCUT2D eigenvalue weighted by Gasteiger charge is 2.18. The second kappa shape index (κ2) is 6.98. The van der Waals surface area contributed by atoms with Crippen LogP contribution in [-0.2, 0) is 0 Å². The Hall–Kier alpha value is -1.22. The Kier molecular flexibility index (Phi) is 5.30. The summed E-state index contributed by atoms with van der Waals surface area (Å²) in [5, 5.41) is 22.8. The van der Waals surface area contributed by atoms with Crippen molar-refractivity contribution < 1.29 is 10.2 Å². The molecule has 1 aliphatic carbocycles. The van der Waals surface area contributed by atoms with E-state index >= 15 is 0 Å². The molecular formula is C17H27NO2. The molecule has 1 atom stereocenters.